The van der Waals surface area contributed by atoms with Gasteiger partial charge in [-0.2, -0.15) is 0 Å². The van der Waals surface area contributed by atoms with Crippen molar-refractivity contribution < 1.29 is 4.74 Å². The number of rotatable bonds is 6. The monoisotopic (exact) mass is 223 g/mol. The Morgan fingerprint density at radius 1 is 1.50 bits per heavy atom. The third kappa shape index (κ3) is 2.62. The molecule has 0 spiro atoms. The first-order chi connectivity index (χ1) is 7.83. The van der Waals surface area contributed by atoms with Crippen molar-refractivity contribution in [3.8, 4) is 0 Å². The molecule has 4 nitrogen and oxygen atoms in total. The molecule has 1 saturated carbocycles. The predicted molar refractivity (Wildman–Crippen MR) is 63.2 cm³/mol. The summed E-state index contributed by atoms with van der Waals surface area (Å²) in [6.45, 7) is 6.93. The van der Waals surface area contributed by atoms with Crippen LogP contribution in [0.25, 0.3) is 0 Å². The van der Waals surface area contributed by atoms with Crippen LogP contribution in [0.5, 0.6) is 0 Å². The van der Waals surface area contributed by atoms with Gasteiger partial charge >= 0.3 is 0 Å². The molecular weight excluding hydrogens is 202 g/mol. The summed E-state index contributed by atoms with van der Waals surface area (Å²) in [5.41, 5.74) is 1.27. The van der Waals surface area contributed by atoms with E-state index in [9.17, 15) is 0 Å². The van der Waals surface area contributed by atoms with Crippen LogP contribution < -0.4 is 5.32 Å². The van der Waals surface area contributed by atoms with E-state index in [0.29, 0.717) is 12.1 Å². The first kappa shape index (κ1) is 11.6. The molecule has 1 N–H and O–H groups in total. The Morgan fingerprint density at radius 2 is 2.31 bits per heavy atom. The van der Waals surface area contributed by atoms with E-state index in [1.807, 2.05) is 12.5 Å². The van der Waals surface area contributed by atoms with E-state index in [-0.39, 0.29) is 0 Å². The fourth-order valence-corrected chi connectivity index (χ4v) is 2.13. The van der Waals surface area contributed by atoms with Crippen LogP contribution in [-0.4, -0.2) is 28.3 Å². The fourth-order valence-electron chi connectivity index (χ4n) is 2.13. The van der Waals surface area contributed by atoms with Gasteiger partial charge in [0, 0.05) is 31.9 Å². The van der Waals surface area contributed by atoms with Crippen molar-refractivity contribution in [3.05, 3.63) is 18.2 Å². The minimum Gasteiger partial charge on any atom is -0.378 e. The molecule has 1 heterocycles. The summed E-state index contributed by atoms with van der Waals surface area (Å²) in [6.07, 6.45) is 6.61. The van der Waals surface area contributed by atoms with Gasteiger partial charge in [-0.15, -0.1) is 0 Å². The quantitative estimate of drug-likeness (QED) is 0.795. The molecule has 1 aliphatic carbocycles. The van der Waals surface area contributed by atoms with Crippen LogP contribution in [0.2, 0.25) is 0 Å². The maximum absolute atomic E-state index is 5.53. The Labute approximate surface area is 97.0 Å². The lowest BCUT2D eigenvalue weighted by Crippen LogP contribution is -2.45. The third-order valence-electron chi connectivity index (χ3n) is 3.21. The predicted octanol–water partition coefficient (Wildman–Crippen LogP) is 1.56. The van der Waals surface area contributed by atoms with Crippen LogP contribution in [0.1, 0.15) is 32.4 Å². The van der Waals surface area contributed by atoms with E-state index in [4.69, 9.17) is 4.74 Å². The Bertz CT molecular complexity index is 318. The molecule has 1 aromatic heterocycles. The molecular formula is C12H21N3O. The number of imidazole rings is 1. The van der Waals surface area contributed by atoms with Gasteiger partial charge in [0.05, 0.1) is 18.1 Å². The minimum atomic E-state index is 0.485. The van der Waals surface area contributed by atoms with E-state index in [1.54, 1.807) is 0 Å². The largest absolute Gasteiger partial charge is 0.378 e. The molecule has 0 aromatic carbocycles. The number of ether oxygens (including phenoxy) is 1. The molecule has 2 rings (SSSR count). The van der Waals surface area contributed by atoms with Gasteiger partial charge in [-0.25, -0.2) is 4.98 Å². The summed E-state index contributed by atoms with van der Waals surface area (Å²) in [7, 11) is 0. The zero-order valence-electron chi connectivity index (χ0n) is 10.1. The summed E-state index contributed by atoms with van der Waals surface area (Å²) >= 11 is 0. The highest BCUT2D eigenvalue weighted by Crippen LogP contribution is 2.23. The number of aryl methyl sites for hydroxylation is 1. The molecule has 4 heteroatoms. The lowest BCUT2D eigenvalue weighted by molar-refractivity contribution is -0.0103. The molecule has 90 valence electrons. The maximum Gasteiger partial charge on any atom is 0.0948 e. The van der Waals surface area contributed by atoms with Crippen molar-refractivity contribution in [3.63, 3.8) is 0 Å². The summed E-state index contributed by atoms with van der Waals surface area (Å²) in [5.74, 6) is 0. The standard InChI is InChI=1S/C12H21N3O/c1-3-15-9-13-7-11(15)8-14-10-5-12(6-10)16-4-2/h7,9-10,12,14H,3-6,8H2,1-2H3. The topological polar surface area (TPSA) is 39.1 Å². The zero-order chi connectivity index (χ0) is 11.4. The molecule has 1 aliphatic rings. The van der Waals surface area contributed by atoms with E-state index in [0.717, 1.165) is 32.5 Å². The Balaban J connectivity index is 1.69. The molecule has 0 radical (unpaired) electrons. The number of nitrogens with zero attached hydrogens (tertiary/aromatic N) is 2. The van der Waals surface area contributed by atoms with Crippen molar-refractivity contribution in [1.29, 1.82) is 0 Å². The van der Waals surface area contributed by atoms with E-state index >= 15 is 0 Å². The molecule has 0 aliphatic heterocycles. The highest BCUT2D eigenvalue weighted by Gasteiger charge is 2.28. The highest BCUT2D eigenvalue weighted by atomic mass is 16.5. The number of hydrogen-bond donors (Lipinski definition) is 1. The van der Waals surface area contributed by atoms with Gasteiger partial charge in [0.2, 0.25) is 0 Å². The summed E-state index contributed by atoms with van der Waals surface area (Å²) in [5, 5.41) is 3.54. The van der Waals surface area contributed by atoms with Crippen LogP contribution in [0.4, 0.5) is 0 Å². The molecule has 1 fully saturated rings. The molecule has 1 aromatic rings. The second kappa shape index (κ2) is 5.46. The summed E-state index contributed by atoms with van der Waals surface area (Å²) < 4.78 is 7.70. The lowest BCUT2D eigenvalue weighted by Gasteiger charge is -2.35. The van der Waals surface area contributed by atoms with Gasteiger partial charge in [-0.1, -0.05) is 0 Å². The number of nitrogens with one attached hydrogen (secondary N) is 1. The van der Waals surface area contributed by atoms with Crippen molar-refractivity contribution in [2.24, 2.45) is 0 Å². The fraction of sp³-hybridized carbons (Fsp3) is 0.750. The van der Waals surface area contributed by atoms with E-state index < -0.39 is 0 Å². The summed E-state index contributed by atoms with van der Waals surface area (Å²) in [4.78, 5) is 4.16. The van der Waals surface area contributed by atoms with Gasteiger partial charge in [0.1, 0.15) is 0 Å². The zero-order valence-corrected chi connectivity index (χ0v) is 10.1. The van der Waals surface area contributed by atoms with Gasteiger partial charge in [0.25, 0.3) is 0 Å². The normalized spacial score (nSPS) is 24.4. The van der Waals surface area contributed by atoms with Crippen molar-refractivity contribution in [2.45, 2.75) is 51.9 Å². The van der Waals surface area contributed by atoms with Crippen molar-refractivity contribution in [2.75, 3.05) is 6.61 Å². The molecule has 0 bridgehead atoms. The second-order valence-corrected chi connectivity index (χ2v) is 4.30. The van der Waals surface area contributed by atoms with Crippen molar-refractivity contribution >= 4 is 0 Å². The minimum absolute atomic E-state index is 0.485. The molecule has 0 unspecified atom stereocenters. The van der Waals surface area contributed by atoms with Crippen LogP contribution >= 0.6 is 0 Å². The number of aromatic nitrogens is 2. The SMILES string of the molecule is CCOC1CC(NCc2cncn2CC)C1. The smallest absolute Gasteiger partial charge is 0.0948 e. The first-order valence-corrected chi connectivity index (χ1v) is 6.17. The Kier molecular flexibility index (Phi) is 3.96. The maximum atomic E-state index is 5.53. The molecule has 16 heavy (non-hydrogen) atoms. The molecule has 0 saturated heterocycles. The van der Waals surface area contributed by atoms with E-state index in [1.165, 1.54) is 5.69 Å². The van der Waals surface area contributed by atoms with Crippen LogP contribution in [0.15, 0.2) is 12.5 Å². The number of hydrogen-bond acceptors (Lipinski definition) is 3. The lowest BCUT2D eigenvalue weighted by atomic mass is 9.89. The second-order valence-electron chi connectivity index (χ2n) is 4.30. The molecule has 0 atom stereocenters. The Morgan fingerprint density at radius 3 is 3.00 bits per heavy atom. The van der Waals surface area contributed by atoms with Gasteiger partial charge in [-0.05, 0) is 26.7 Å². The first-order valence-electron chi connectivity index (χ1n) is 6.17. The third-order valence-corrected chi connectivity index (χ3v) is 3.21. The van der Waals surface area contributed by atoms with Crippen LogP contribution in [0.3, 0.4) is 0 Å². The van der Waals surface area contributed by atoms with Crippen LogP contribution in [-0.2, 0) is 17.8 Å². The van der Waals surface area contributed by atoms with E-state index in [2.05, 4.69) is 28.7 Å². The average molecular weight is 223 g/mol. The molecule has 0 amide bonds. The summed E-state index contributed by atoms with van der Waals surface area (Å²) in [6, 6.07) is 0.622. The van der Waals surface area contributed by atoms with Crippen molar-refractivity contribution in [1.82, 2.24) is 14.9 Å². The highest BCUT2D eigenvalue weighted by molar-refractivity contribution is 4.99. The van der Waals surface area contributed by atoms with Gasteiger partial charge < -0.3 is 14.6 Å². The Hall–Kier alpha value is -0.870. The average Bonchev–Trinajstić information content (AvgIpc) is 2.68. The van der Waals surface area contributed by atoms with Gasteiger partial charge in [-0.3, -0.25) is 0 Å². The van der Waals surface area contributed by atoms with Crippen LogP contribution in [0, 0.1) is 0 Å². The van der Waals surface area contributed by atoms with Gasteiger partial charge in [0.15, 0.2) is 0 Å².